The number of H-pyrrole nitrogens is 1. The lowest BCUT2D eigenvalue weighted by Crippen LogP contribution is -2.49. The summed E-state index contributed by atoms with van der Waals surface area (Å²) in [6.45, 7) is 2.99. The van der Waals surface area contributed by atoms with E-state index in [1.165, 1.54) is 0 Å². The van der Waals surface area contributed by atoms with Crippen LogP contribution >= 0.6 is 0 Å². The number of nitrogens with one attached hydrogen (secondary N) is 1. The zero-order valence-electron chi connectivity index (χ0n) is 14.6. The highest BCUT2D eigenvalue weighted by Gasteiger charge is 2.65. The number of aromatic nitrogens is 1. The molecule has 3 aliphatic rings. The summed E-state index contributed by atoms with van der Waals surface area (Å²) in [6.07, 6.45) is 2.78. The zero-order valence-corrected chi connectivity index (χ0v) is 14.6. The number of ether oxygens (including phenoxy) is 1. The fourth-order valence-electron chi connectivity index (χ4n) is 4.85. The quantitative estimate of drug-likeness (QED) is 0.902. The lowest BCUT2D eigenvalue weighted by atomic mass is 10.0. The van der Waals surface area contributed by atoms with Crippen LogP contribution in [0.5, 0.6) is 0 Å². The van der Waals surface area contributed by atoms with Crippen LogP contribution < -0.4 is 0 Å². The first-order valence-electron chi connectivity index (χ1n) is 9.08. The molecule has 1 aromatic carbocycles. The highest BCUT2D eigenvalue weighted by Crippen LogP contribution is 2.51. The van der Waals surface area contributed by atoms with Gasteiger partial charge in [-0.2, -0.15) is 0 Å². The molecule has 1 aromatic heterocycles. The molecule has 26 heavy (non-hydrogen) atoms. The lowest BCUT2D eigenvalue weighted by Gasteiger charge is -2.33. The van der Waals surface area contributed by atoms with Crippen LogP contribution in [-0.2, 0) is 9.53 Å². The summed E-state index contributed by atoms with van der Waals surface area (Å²) in [5.41, 5.74) is 1.94. The number of aryl methyl sites for hydroxylation is 1. The average Bonchev–Trinajstić information content (AvgIpc) is 3.37. The van der Waals surface area contributed by atoms with E-state index in [2.05, 4.69) is 4.98 Å². The first kappa shape index (κ1) is 15.6. The Kier molecular flexibility index (Phi) is 3.28. The molecule has 0 bridgehead atoms. The Bertz CT molecular complexity index is 877. The molecule has 0 aliphatic carbocycles. The first-order chi connectivity index (χ1) is 12.6. The number of nitrogens with zero attached hydrogens (tertiary/aromatic N) is 2. The van der Waals surface area contributed by atoms with Crippen molar-refractivity contribution in [3.05, 3.63) is 59.4 Å². The summed E-state index contributed by atoms with van der Waals surface area (Å²) in [5.74, 6) is 0.0525. The van der Waals surface area contributed by atoms with E-state index in [4.69, 9.17) is 4.74 Å². The summed E-state index contributed by atoms with van der Waals surface area (Å²) in [6, 6.07) is 11.5. The van der Waals surface area contributed by atoms with Crippen LogP contribution in [0.25, 0.3) is 0 Å². The number of hydrogen-bond acceptors (Lipinski definition) is 3. The average molecular weight is 351 g/mol. The maximum Gasteiger partial charge on any atom is 0.256 e. The van der Waals surface area contributed by atoms with Gasteiger partial charge >= 0.3 is 0 Å². The summed E-state index contributed by atoms with van der Waals surface area (Å²) >= 11 is 0. The SMILES string of the molecule is Cc1[nH]ccc1C(=O)N1CC[C@@]23OC[C@@H](c4ccccc4)N2C(=O)C[C@@H]13. The Morgan fingerprint density at radius 3 is 2.81 bits per heavy atom. The number of amides is 2. The van der Waals surface area contributed by atoms with Gasteiger partial charge in [0.2, 0.25) is 5.91 Å². The normalized spacial score (nSPS) is 30.0. The van der Waals surface area contributed by atoms with E-state index in [0.29, 0.717) is 31.6 Å². The number of carbonyl (C=O) groups is 2. The molecular formula is C20H21N3O3. The number of aromatic amines is 1. The molecular weight excluding hydrogens is 330 g/mol. The Morgan fingerprint density at radius 2 is 2.08 bits per heavy atom. The van der Waals surface area contributed by atoms with Crippen LogP contribution in [0.2, 0.25) is 0 Å². The molecule has 6 nitrogen and oxygen atoms in total. The van der Waals surface area contributed by atoms with Crippen LogP contribution in [0.3, 0.4) is 0 Å². The molecule has 1 spiro atoms. The minimum absolute atomic E-state index is 0.0213. The van der Waals surface area contributed by atoms with Gasteiger partial charge < -0.3 is 19.5 Å². The zero-order chi connectivity index (χ0) is 17.9. The Balaban J connectivity index is 1.48. The Labute approximate surface area is 151 Å². The van der Waals surface area contributed by atoms with Gasteiger partial charge in [-0.15, -0.1) is 0 Å². The highest BCUT2D eigenvalue weighted by atomic mass is 16.5. The fourth-order valence-corrected chi connectivity index (χ4v) is 4.85. The summed E-state index contributed by atoms with van der Waals surface area (Å²) in [5, 5.41) is 0. The van der Waals surface area contributed by atoms with Gasteiger partial charge in [0.1, 0.15) is 0 Å². The van der Waals surface area contributed by atoms with Crippen LogP contribution in [0.1, 0.15) is 40.5 Å². The molecule has 0 unspecified atom stereocenters. The second-order valence-corrected chi connectivity index (χ2v) is 7.33. The van der Waals surface area contributed by atoms with E-state index in [0.717, 1.165) is 11.3 Å². The van der Waals surface area contributed by atoms with Gasteiger partial charge in [-0.1, -0.05) is 30.3 Å². The van der Waals surface area contributed by atoms with E-state index in [9.17, 15) is 9.59 Å². The molecule has 3 saturated heterocycles. The van der Waals surface area contributed by atoms with Crippen molar-refractivity contribution in [3.63, 3.8) is 0 Å². The molecule has 6 heteroatoms. The van der Waals surface area contributed by atoms with Crippen molar-refractivity contribution < 1.29 is 14.3 Å². The second-order valence-electron chi connectivity index (χ2n) is 7.33. The van der Waals surface area contributed by atoms with E-state index in [1.54, 1.807) is 12.3 Å². The number of rotatable bonds is 2. The lowest BCUT2D eigenvalue weighted by molar-refractivity contribution is -0.138. The van der Waals surface area contributed by atoms with Crippen molar-refractivity contribution >= 4 is 11.8 Å². The van der Waals surface area contributed by atoms with E-state index in [1.807, 2.05) is 47.1 Å². The van der Waals surface area contributed by atoms with Crippen molar-refractivity contribution in [1.29, 1.82) is 0 Å². The van der Waals surface area contributed by atoms with Gasteiger partial charge in [0.15, 0.2) is 5.72 Å². The number of benzene rings is 1. The van der Waals surface area contributed by atoms with Gasteiger partial charge in [-0.3, -0.25) is 9.59 Å². The van der Waals surface area contributed by atoms with Gasteiger partial charge in [-0.25, -0.2) is 0 Å². The summed E-state index contributed by atoms with van der Waals surface area (Å²) in [4.78, 5) is 32.7. The largest absolute Gasteiger partial charge is 0.365 e. The van der Waals surface area contributed by atoms with Crippen LogP contribution in [-0.4, -0.2) is 51.5 Å². The predicted octanol–water partition coefficient (Wildman–Crippen LogP) is 2.24. The molecule has 0 radical (unpaired) electrons. The van der Waals surface area contributed by atoms with E-state index < -0.39 is 5.72 Å². The van der Waals surface area contributed by atoms with Crippen molar-refractivity contribution in [2.24, 2.45) is 0 Å². The van der Waals surface area contributed by atoms with Crippen molar-refractivity contribution in [2.75, 3.05) is 13.2 Å². The topological polar surface area (TPSA) is 65.6 Å². The maximum atomic E-state index is 13.0. The molecule has 3 atom stereocenters. The molecule has 3 aliphatic heterocycles. The number of carbonyl (C=O) groups excluding carboxylic acids is 2. The molecule has 5 rings (SSSR count). The molecule has 3 fully saturated rings. The summed E-state index contributed by atoms with van der Waals surface area (Å²) in [7, 11) is 0. The third-order valence-corrected chi connectivity index (χ3v) is 6.08. The third-order valence-electron chi connectivity index (χ3n) is 6.08. The molecule has 2 amide bonds. The van der Waals surface area contributed by atoms with Gasteiger partial charge in [-0.05, 0) is 18.6 Å². The smallest absolute Gasteiger partial charge is 0.256 e. The van der Waals surface area contributed by atoms with Crippen LogP contribution in [0, 0.1) is 6.92 Å². The molecule has 134 valence electrons. The minimum atomic E-state index is -0.669. The van der Waals surface area contributed by atoms with Crippen molar-refractivity contribution in [2.45, 2.75) is 37.6 Å². The fraction of sp³-hybridized carbons (Fsp3) is 0.400. The Hall–Kier alpha value is -2.60. The van der Waals surface area contributed by atoms with Crippen molar-refractivity contribution in [1.82, 2.24) is 14.8 Å². The number of hydrogen-bond donors (Lipinski definition) is 1. The third kappa shape index (κ3) is 1.96. The predicted molar refractivity (Wildman–Crippen MR) is 94.3 cm³/mol. The van der Waals surface area contributed by atoms with Crippen molar-refractivity contribution in [3.8, 4) is 0 Å². The Morgan fingerprint density at radius 1 is 1.27 bits per heavy atom. The maximum absolute atomic E-state index is 13.0. The van der Waals surface area contributed by atoms with E-state index in [-0.39, 0.29) is 23.9 Å². The standard InChI is InChI=1S/C20H21N3O3/c1-13-15(7-9-21-13)19(25)22-10-8-20-17(22)11-18(24)23(20)16(12-26-20)14-5-3-2-4-6-14/h2-7,9,16-17,21H,8,10-12H2,1H3/t16-,17+,20-/m0/s1. The van der Waals surface area contributed by atoms with Crippen LogP contribution in [0.15, 0.2) is 42.6 Å². The molecule has 0 saturated carbocycles. The molecule has 4 heterocycles. The second kappa shape index (κ2) is 5.45. The first-order valence-corrected chi connectivity index (χ1v) is 9.08. The number of likely N-dealkylation sites (tertiary alicyclic amines) is 1. The van der Waals surface area contributed by atoms with E-state index >= 15 is 0 Å². The van der Waals surface area contributed by atoms with Gasteiger partial charge in [0.25, 0.3) is 5.91 Å². The minimum Gasteiger partial charge on any atom is -0.365 e. The van der Waals surface area contributed by atoms with Gasteiger partial charge in [0.05, 0.1) is 30.7 Å². The monoisotopic (exact) mass is 351 g/mol. The van der Waals surface area contributed by atoms with Gasteiger partial charge in [0, 0.05) is 24.9 Å². The van der Waals surface area contributed by atoms with Crippen LogP contribution in [0.4, 0.5) is 0 Å². The highest BCUT2D eigenvalue weighted by molar-refractivity contribution is 5.97. The molecule has 1 N–H and O–H groups in total. The molecule has 2 aromatic rings. The summed E-state index contributed by atoms with van der Waals surface area (Å²) < 4.78 is 6.26.